The van der Waals surface area contributed by atoms with E-state index in [0.29, 0.717) is 60.7 Å². The molecule has 0 saturated carbocycles. The zero-order chi connectivity index (χ0) is 20.6. The predicted molar refractivity (Wildman–Crippen MR) is 108 cm³/mol. The Kier molecular flexibility index (Phi) is 4.94. The van der Waals surface area contributed by atoms with Crippen molar-refractivity contribution in [1.29, 1.82) is 0 Å². The first-order valence-electron chi connectivity index (χ1n) is 9.79. The number of hydrogen-bond donors (Lipinski definition) is 0. The first-order valence-corrected chi connectivity index (χ1v) is 9.79. The Bertz CT molecular complexity index is 937. The van der Waals surface area contributed by atoms with E-state index in [2.05, 4.69) is 0 Å². The van der Waals surface area contributed by atoms with Crippen LogP contribution >= 0.6 is 0 Å². The third-order valence-corrected chi connectivity index (χ3v) is 5.85. The average molecular weight is 395 g/mol. The second-order valence-corrected chi connectivity index (χ2v) is 7.71. The summed E-state index contributed by atoms with van der Waals surface area (Å²) in [4.78, 5) is 27.7. The SMILES string of the molecule is COc1cccc(OC)c1C(=O)N1CCC2(CC1)CC(=O)c1cc(C)ccc1O2. The second kappa shape index (κ2) is 7.43. The number of rotatable bonds is 3. The quantitative estimate of drug-likeness (QED) is 0.794. The molecule has 29 heavy (non-hydrogen) atoms. The van der Waals surface area contributed by atoms with Crippen molar-refractivity contribution in [3.8, 4) is 17.2 Å². The molecule has 1 saturated heterocycles. The predicted octanol–water partition coefficient (Wildman–Crippen LogP) is 3.65. The molecule has 1 spiro atoms. The van der Waals surface area contributed by atoms with Crippen LogP contribution in [0.4, 0.5) is 0 Å². The fourth-order valence-corrected chi connectivity index (χ4v) is 4.22. The normalized spacial score (nSPS) is 17.5. The number of Topliss-reactive ketones (excluding diaryl/α,β-unsaturated/α-hetero) is 1. The summed E-state index contributed by atoms with van der Waals surface area (Å²) in [6.45, 7) is 2.98. The van der Waals surface area contributed by atoms with Gasteiger partial charge in [-0.3, -0.25) is 9.59 Å². The van der Waals surface area contributed by atoms with E-state index in [0.717, 1.165) is 5.56 Å². The molecule has 2 heterocycles. The van der Waals surface area contributed by atoms with Crippen LogP contribution < -0.4 is 14.2 Å². The molecule has 0 atom stereocenters. The van der Waals surface area contributed by atoms with Crippen LogP contribution in [0.2, 0.25) is 0 Å². The van der Waals surface area contributed by atoms with Crippen molar-refractivity contribution in [3.63, 3.8) is 0 Å². The van der Waals surface area contributed by atoms with E-state index in [9.17, 15) is 9.59 Å². The molecule has 2 aliphatic rings. The van der Waals surface area contributed by atoms with Gasteiger partial charge in [0.05, 0.1) is 26.2 Å². The van der Waals surface area contributed by atoms with Crippen molar-refractivity contribution < 1.29 is 23.8 Å². The summed E-state index contributed by atoms with van der Waals surface area (Å²) in [6, 6.07) is 11.0. The van der Waals surface area contributed by atoms with Crippen molar-refractivity contribution >= 4 is 11.7 Å². The molecule has 6 nitrogen and oxygen atoms in total. The molecule has 2 aliphatic heterocycles. The second-order valence-electron chi connectivity index (χ2n) is 7.71. The Balaban J connectivity index is 1.53. The summed E-state index contributed by atoms with van der Waals surface area (Å²) >= 11 is 0. The smallest absolute Gasteiger partial charge is 0.261 e. The Morgan fingerprint density at radius 3 is 2.34 bits per heavy atom. The number of ketones is 1. The van der Waals surface area contributed by atoms with Gasteiger partial charge in [0.15, 0.2) is 5.78 Å². The molecule has 0 aromatic heterocycles. The van der Waals surface area contributed by atoms with Gasteiger partial charge in [-0.15, -0.1) is 0 Å². The summed E-state index contributed by atoms with van der Waals surface area (Å²) in [6.07, 6.45) is 1.56. The van der Waals surface area contributed by atoms with E-state index in [1.807, 2.05) is 25.1 Å². The topological polar surface area (TPSA) is 65.1 Å². The first kappa shape index (κ1) is 19.3. The van der Waals surface area contributed by atoms with Gasteiger partial charge in [-0.1, -0.05) is 17.7 Å². The lowest BCUT2D eigenvalue weighted by molar-refractivity contribution is -0.00583. The first-order chi connectivity index (χ1) is 14.0. The number of likely N-dealkylation sites (tertiary alicyclic amines) is 1. The standard InChI is InChI=1S/C23H25NO5/c1-15-7-8-18-16(13-15)17(25)14-23(29-18)9-11-24(12-10-23)22(26)21-19(27-2)5-4-6-20(21)28-3/h4-8,13H,9-12,14H2,1-3H3. The maximum atomic E-state index is 13.2. The Morgan fingerprint density at radius 1 is 1.07 bits per heavy atom. The molecule has 1 amide bonds. The lowest BCUT2D eigenvalue weighted by Crippen LogP contribution is -2.52. The molecule has 4 rings (SSSR count). The highest BCUT2D eigenvalue weighted by atomic mass is 16.5. The van der Waals surface area contributed by atoms with Gasteiger partial charge in [0, 0.05) is 25.9 Å². The van der Waals surface area contributed by atoms with Gasteiger partial charge in [-0.05, 0) is 31.2 Å². The van der Waals surface area contributed by atoms with Crippen LogP contribution in [0, 0.1) is 6.92 Å². The molecule has 0 aliphatic carbocycles. The highest BCUT2D eigenvalue weighted by Crippen LogP contribution is 2.40. The van der Waals surface area contributed by atoms with Crippen LogP contribution in [-0.2, 0) is 0 Å². The third-order valence-electron chi connectivity index (χ3n) is 5.85. The monoisotopic (exact) mass is 395 g/mol. The maximum Gasteiger partial charge on any atom is 0.261 e. The van der Waals surface area contributed by atoms with Crippen molar-refractivity contribution in [1.82, 2.24) is 4.90 Å². The molecule has 0 N–H and O–H groups in total. The number of aryl methyl sites for hydroxylation is 1. The fourth-order valence-electron chi connectivity index (χ4n) is 4.22. The minimum absolute atomic E-state index is 0.112. The van der Waals surface area contributed by atoms with Gasteiger partial charge >= 0.3 is 0 Å². The van der Waals surface area contributed by atoms with Crippen LogP contribution in [0.25, 0.3) is 0 Å². The van der Waals surface area contributed by atoms with Gasteiger partial charge in [0.25, 0.3) is 5.91 Å². The number of nitrogens with zero attached hydrogens (tertiary/aromatic N) is 1. The van der Waals surface area contributed by atoms with Crippen molar-refractivity contribution in [2.45, 2.75) is 31.8 Å². The molecule has 6 heteroatoms. The van der Waals surface area contributed by atoms with Gasteiger partial charge in [0.1, 0.15) is 28.4 Å². The van der Waals surface area contributed by atoms with Crippen LogP contribution in [-0.4, -0.2) is 49.5 Å². The number of hydrogen-bond acceptors (Lipinski definition) is 5. The van der Waals surface area contributed by atoms with Crippen LogP contribution in [0.15, 0.2) is 36.4 Å². The molecule has 1 fully saturated rings. The number of carbonyl (C=O) groups excluding carboxylic acids is 2. The highest BCUT2D eigenvalue weighted by molar-refractivity contribution is 6.01. The van der Waals surface area contributed by atoms with E-state index >= 15 is 0 Å². The number of ether oxygens (including phenoxy) is 3. The number of amides is 1. The number of methoxy groups -OCH3 is 2. The molecule has 2 aromatic rings. The summed E-state index contributed by atoms with van der Waals surface area (Å²) in [5, 5.41) is 0. The molecule has 152 valence electrons. The minimum Gasteiger partial charge on any atom is -0.496 e. The molecule has 2 aromatic carbocycles. The zero-order valence-corrected chi connectivity index (χ0v) is 17.0. The highest BCUT2D eigenvalue weighted by Gasteiger charge is 2.44. The van der Waals surface area contributed by atoms with Gasteiger partial charge in [0.2, 0.25) is 0 Å². The Hall–Kier alpha value is -3.02. The van der Waals surface area contributed by atoms with E-state index in [-0.39, 0.29) is 11.7 Å². The van der Waals surface area contributed by atoms with Crippen LogP contribution in [0.5, 0.6) is 17.2 Å². The maximum absolute atomic E-state index is 13.2. The summed E-state index contributed by atoms with van der Waals surface area (Å²) in [5.74, 6) is 1.61. The largest absolute Gasteiger partial charge is 0.496 e. The number of piperidine rings is 1. The molecular formula is C23H25NO5. The molecule has 0 radical (unpaired) electrons. The summed E-state index contributed by atoms with van der Waals surface area (Å²) < 4.78 is 17.1. The van der Waals surface area contributed by atoms with E-state index in [4.69, 9.17) is 14.2 Å². The number of fused-ring (bicyclic) bond motifs is 1. The Morgan fingerprint density at radius 2 is 1.72 bits per heavy atom. The molecule has 0 bridgehead atoms. The van der Waals surface area contributed by atoms with Crippen molar-refractivity contribution in [3.05, 3.63) is 53.1 Å². The van der Waals surface area contributed by atoms with Gasteiger partial charge < -0.3 is 19.1 Å². The molecular weight excluding hydrogens is 370 g/mol. The van der Waals surface area contributed by atoms with E-state index < -0.39 is 5.60 Å². The van der Waals surface area contributed by atoms with Gasteiger partial charge in [-0.2, -0.15) is 0 Å². The summed E-state index contributed by atoms with van der Waals surface area (Å²) in [5.41, 5.74) is 1.59. The summed E-state index contributed by atoms with van der Waals surface area (Å²) in [7, 11) is 3.08. The van der Waals surface area contributed by atoms with E-state index in [1.54, 1.807) is 23.1 Å². The number of carbonyl (C=O) groups is 2. The van der Waals surface area contributed by atoms with Gasteiger partial charge in [-0.25, -0.2) is 0 Å². The van der Waals surface area contributed by atoms with Crippen LogP contribution in [0.3, 0.4) is 0 Å². The van der Waals surface area contributed by atoms with E-state index in [1.165, 1.54) is 14.2 Å². The van der Waals surface area contributed by atoms with Crippen molar-refractivity contribution in [2.75, 3.05) is 27.3 Å². The Labute approximate surface area is 170 Å². The average Bonchev–Trinajstić information content (AvgIpc) is 2.74. The molecule has 0 unspecified atom stereocenters. The zero-order valence-electron chi connectivity index (χ0n) is 17.0. The minimum atomic E-state index is -0.541. The van der Waals surface area contributed by atoms with Crippen LogP contribution in [0.1, 0.15) is 45.5 Å². The lowest BCUT2D eigenvalue weighted by Gasteiger charge is -2.44. The number of benzene rings is 2. The third kappa shape index (κ3) is 3.43. The van der Waals surface area contributed by atoms with Crippen molar-refractivity contribution in [2.24, 2.45) is 0 Å². The lowest BCUT2D eigenvalue weighted by atomic mass is 9.82. The fraction of sp³-hybridized carbons (Fsp3) is 0.391.